The molecule has 0 unspecified atom stereocenters. The quantitative estimate of drug-likeness (QED) is 0.294. The standard InChI is InChI=1S/C26H15N3S/c1-2-7-17-16(6-1)10-11-20-23-22(30-25(17)20)13-12-19-18-8-3-4-9-21(18)29(24(19)23)26-27-14-5-15-28-26/h1-15H. The molecule has 30 heavy (non-hydrogen) atoms. The summed E-state index contributed by atoms with van der Waals surface area (Å²) in [5.41, 5.74) is 2.31. The van der Waals surface area contributed by atoms with Gasteiger partial charge in [-0.1, -0.05) is 60.7 Å². The van der Waals surface area contributed by atoms with Crippen LogP contribution in [0, 0.1) is 0 Å². The van der Waals surface area contributed by atoms with Crippen LogP contribution in [0.2, 0.25) is 0 Å². The van der Waals surface area contributed by atoms with Crippen LogP contribution >= 0.6 is 11.3 Å². The maximum absolute atomic E-state index is 4.60. The SMILES string of the molecule is c1cnc(-n2c3ccccc3c3ccc4sc5c6ccccc6ccc5c4c32)nc1. The Morgan fingerprint density at radius 1 is 0.633 bits per heavy atom. The molecule has 0 radical (unpaired) electrons. The van der Waals surface area contributed by atoms with Crippen LogP contribution < -0.4 is 0 Å². The van der Waals surface area contributed by atoms with Crippen molar-refractivity contribution >= 4 is 64.1 Å². The fourth-order valence-electron chi connectivity index (χ4n) is 4.66. The van der Waals surface area contributed by atoms with Gasteiger partial charge in [0.1, 0.15) is 0 Å². The first-order valence-electron chi connectivity index (χ1n) is 9.94. The summed E-state index contributed by atoms with van der Waals surface area (Å²) >= 11 is 1.87. The number of fused-ring (bicyclic) bond motifs is 9. The van der Waals surface area contributed by atoms with Gasteiger partial charge in [-0.15, -0.1) is 11.3 Å². The van der Waals surface area contributed by atoms with Crippen molar-refractivity contribution in [2.24, 2.45) is 0 Å². The first kappa shape index (κ1) is 16.1. The predicted octanol–water partition coefficient (Wildman–Crippen LogP) is 7.09. The molecule has 0 fully saturated rings. The minimum atomic E-state index is 0.705. The molecule has 0 N–H and O–H groups in total. The third-order valence-electron chi connectivity index (χ3n) is 5.91. The number of aromatic nitrogens is 3. The second kappa shape index (κ2) is 5.88. The summed E-state index contributed by atoms with van der Waals surface area (Å²) in [7, 11) is 0. The van der Waals surface area contributed by atoms with E-state index in [4.69, 9.17) is 0 Å². The molecule has 140 valence electrons. The van der Waals surface area contributed by atoms with Crippen LogP contribution in [0.15, 0.2) is 91.3 Å². The minimum absolute atomic E-state index is 0.705. The number of nitrogens with zero attached hydrogens (tertiary/aromatic N) is 3. The van der Waals surface area contributed by atoms with Crippen molar-refractivity contribution in [2.75, 3.05) is 0 Å². The van der Waals surface area contributed by atoms with E-state index in [1.165, 1.54) is 47.2 Å². The van der Waals surface area contributed by atoms with E-state index in [0.717, 1.165) is 5.52 Å². The fraction of sp³-hybridized carbons (Fsp3) is 0. The molecule has 0 spiro atoms. The Kier molecular flexibility index (Phi) is 3.15. The average Bonchev–Trinajstić information content (AvgIpc) is 3.35. The lowest BCUT2D eigenvalue weighted by atomic mass is 10.0. The van der Waals surface area contributed by atoms with Gasteiger partial charge in [0.15, 0.2) is 0 Å². The lowest BCUT2D eigenvalue weighted by molar-refractivity contribution is 0.991. The summed E-state index contributed by atoms with van der Waals surface area (Å²) in [5, 5.41) is 7.62. The Bertz CT molecular complexity index is 1740. The topological polar surface area (TPSA) is 30.7 Å². The third kappa shape index (κ3) is 2.03. The van der Waals surface area contributed by atoms with Gasteiger partial charge in [-0.3, -0.25) is 4.57 Å². The summed E-state index contributed by atoms with van der Waals surface area (Å²) in [6.45, 7) is 0. The van der Waals surface area contributed by atoms with Crippen molar-refractivity contribution in [2.45, 2.75) is 0 Å². The van der Waals surface area contributed by atoms with Gasteiger partial charge >= 0.3 is 0 Å². The fourth-order valence-corrected chi connectivity index (χ4v) is 5.90. The molecule has 0 aliphatic heterocycles. The van der Waals surface area contributed by atoms with E-state index in [9.17, 15) is 0 Å². The molecule has 4 heteroatoms. The molecule has 3 nitrogen and oxygen atoms in total. The van der Waals surface area contributed by atoms with Crippen LogP contribution in [0.25, 0.3) is 58.7 Å². The van der Waals surface area contributed by atoms with Crippen molar-refractivity contribution in [3.05, 3.63) is 91.3 Å². The zero-order valence-corrected chi connectivity index (χ0v) is 16.7. The van der Waals surface area contributed by atoms with Gasteiger partial charge in [0.25, 0.3) is 0 Å². The summed E-state index contributed by atoms with van der Waals surface area (Å²) < 4.78 is 4.84. The minimum Gasteiger partial charge on any atom is -0.277 e. The van der Waals surface area contributed by atoms with Crippen molar-refractivity contribution in [3.63, 3.8) is 0 Å². The summed E-state index contributed by atoms with van der Waals surface area (Å²) in [6.07, 6.45) is 3.62. The molecule has 0 saturated carbocycles. The normalized spacial score (nSPS) is 12.0. The molecule has 4 aromatic carbocycles. The highest BCUT2D eigenvalue weighted by Gasteiger charge is 2.19. The van der Waals surface area contributed by atoms with E-state index in [0.29, 0.717) is 5.95 Å². The second-order valence-electron chi connectivity index (χ2n) is 7.50. The molecule has 3 heterocycles. The Balaban J connectivity index is 1.78. The van der Waals surface area contributed by atoms with Crippen molar-refractivity contribution in [1.82, 2.24) is 14.5 Å². The largest absolute Gasteiger partial charge is 0.277 e. The van der Waals surface area contributed by atoms with E-state index >= 15 is 0 Å². The molecule has 7 aromatic rings. The first-order chi connectivity index (χ1) is 14.9. The second-order valence-corrected chi connectivity index (χ2v) is 8.55. The average molecular weight is 401 g/mol. The van der Waals surface area contributed by atoms with Crippen LogP contribution in [-0.2, 0) is 0 Å². The molecular weight excluding hydrogens is 386 g/mol. The highest BCUT2D eigenvalue weighted by Crippen LogP contribution is 2.44. The molecule has 7 rings (SSSR count). The summed E-state index contributed by atoms with van der Waals surface area (Å²) in [4.78, 5) is 9.20. The van der Waals surface area contributed by atoms with E-state index in [1.807, 2.05) is 29.8 Å². The van der Waals surface area contributed by atoms with Gasteiger partial charge in [-0.2, -0.15) is 0 Å². The van der Waals surface area contributed by atoms with Crippen molar-refractivity contribution < 1.29 is 0 Å². The first-order valence-corrected chi connectivity index (χ1v) is 10.8. The van der Waals surface area contributed by atoms with Crippen LogP contribution in [0.5, 0.6) is 0 Å². The van der Waals surface area contributed by atoms with E-state index < -0.39 is 0 Å². The van der Waals surface area contributed by atoms with Crippen molar-refractivity contribution in [1.29, 1.82) is 0 Å². The lowest BCUT2D eigenvalue weighted by Crippen LogP contribution is -1.99. The van der Waals surface area contributed by atoms with Gasteiger partial charge in [0.2, 0.25) is 5.95 Å². The molecule has 0 bridgehead atoms. The van der Waals surface area contributed by atoms with Crippen LogP contribution in [0.1, 0.15) is 0 Å². The maximum atomic E-state index is 4.60. The number of thiophene rings is 1. The third-order valence-corrected chi connectivity index (χ3v) is 7.12. The molecule has 3 aromatic heterocycles. The van der Waals surface area contributed by atoms with Gasteiger partial charge in [-0.25, -0.2) is 9.97 Å². The number of para-hydroxylation sites is 1. The Labute approximate surface area is 175 Å². The molecule has 0 saturated heterocycles. The van der Waals surface area contributed by atoms with E-state index in [1.54, 1.807) is 0 Å². The molecule has 0 aliphatic carbocycles. The monoisotopic (exact) mass is 401 g/mol. The molecule has 0 atom stereocenters. The maximum Gasteiger partial charge on any atom is 0.234 e. The highest BCUT2D eigenvalue weighted by molar-refractivity contribution is 7.26. The molecule has 0 aliphatic rings. The number of benzene rings is 4. The lowest BCUT2D eigenvalue weighted by Gasteiger charge is -2.06. The Hall–Kier alpha value is -3.76. The van der Waals surface area contributed by atoms with Crippen molar-refractivity contribution in [3.8, 4) is 5.95 Å². The number of hydrogen-bond acceptors (Lipinski definition) is 3. The number of hydrogen-bond donors (Lipinski definition) is 0. The zero-order chi connectivity index (χ0) is 19.7. The predicted molar refractivity (Wildman–Crippen MR) is 127 cm³/mol. The molecule has 0 amide bonds. The van der Waals surface area contributed by atoms with Crippen LogP contribution in [0.3, 0.4) is 0 Å². The molecular formula is C26H15N3S. The van der Waals surface area contributed by atoms with Gasteiger partial charge < -0.3 is 0 Å². The zero-order valence-electron chi connectivity index (χ0n) is 15.9. The van der Waals surface area contributed by atoms with Crippen LogP contribution in [-0.4, -0.2) is 14.5 Å². The van der Waals surface area contributed by atoms with Gasteiger partial charge in [0.05, 0.1) is 11.0 Å². The van der Waals surface area contributed by atoms with E-state index in [2.05, 4.69) is 87.3 Å². The Morgan fingerprint density at radius 2 is 1.40 bits per heavy atom. The summed E-state index contributed by atoms with van der Waals surface area (Å²) in [5.74, 6) is 0.705. The van der Waals surface area contributed by atoms with Crippen LogP contribution in [0.4, 0.5) is 0 Å². The van der Waals surface area contributed by atoms with Gasteiger partial charge in [0, 0.05) is 43.3 Å². The Morgan fingerprint density at radius 3 is 2.30 bits per heavy atom. The highest BCUT2D eigenvalue weighted by atomic mass is 32.1. The van der Waals surface area contributed by atoms with Gasteiger partial charge in [-0.05, 0) is 29.0 Å². The summed E-state index contributed by atoms with van der Waals surface area (Å²) in [6, 6.07) is 28.0. The smallest absolute Gasteiger partial charge is 0.234 e. The van der Waals surface area contributed by atoms with E-state index in [-0.39, 0.29) is 0 Å². The number of rotatable bonds is 1.